The molecule has 1 aromatic rings. The van der Waals surface area contributed by atoms with Crippen LogP contribution < -0.4 is 16.7 Å². The van der Waals surface area contributed by atoms with Gasteiger partial charge in [-0.15, -0.1) is 0 Å². The average molecular weight is 382 g/mol. The Bertz CT molecular complexity index is 812. The van der Waals surface area contributed by atoms with E-state index in [0.717, 1.165) is 39.6 Å². The molecule has 1 aliphatic carbocycles. The average Bonchev–Trinajstić information content (AvgIpc) is 2.59. The molecule has 0 unspecified atom stereocenters. The van der Waals surface area contributed by atoms with Crippen LogP contribution in [0.1, 0.15) is 40.0 Å². The smallest absolute Gasteiger partial charge is 0.272 e. The Kier molecular flexibility index (Phi) is 6.80. The van der Waals surface area contributed by atoms with Crippen LogP contribution in [0.15, 0.2) is 19.7 Å². The van der Waals surface area contributed by atoms with Crippen LogP contribution in [0.3, 0.4) is 0 Å². The maximum Gasteiger partial charge on any atom is 0.346 e. The Hall–Kier alpha value is -1.90. The van der Waals surface area contributed by atoms with Gasteiger partial charge in [-0.1, -0.05) is 32.5 Å². The van der Waals surface area contributed by atoms with E-state index in [1.165, 1.54) is 20.5 Å². The fourth-order valence-corrected chi connectivity index (χ4v) is 3.92. The third kappa shape index (κ3) is 4.84. The van der Waals surface area contributed by atoms with E-state index in [1.807, 2.05) is 0 Å². The van der Waals surface area contributed by atoms with Gasteiger partial charge in [0.2, 0.25) is 5.91 Å². The molecule has 26 heavy (non-hydrogen) atoms. The molecule has 0 saturated heterocycles. The zero-order chi connectivity index (χ0) is 19.4. The second-order valence-corrected chi connectivity index (χ2v) is 8.20. The molecule has 2 atom stereocenters. The van der Waals surface area contributed by atoms with Crippen LogP contribution in [0.2, 0.25) is 0 Å². The number of carbonyl (C=O) groups excluding carboxylic acids is 1. The van der Waals surface area contributed by atoms with E-state index < -0.39 is 11.2 Å². The lowest BCUT2D eigenvalue weighted by atomic mass is 9.76. The Morgan fingerprint density at radius 2 is 2.04 bits per heavy atom. The van der Waals surface area contributed by atoms with Crippen LogP contribution in [0.5, 0.6) is 0 Å². The van der Waals surface area contributed by atoms with Crippen LogP contribution in [0.25, 0.3) is 0 Å². The number of carbonyl (C=O) groups is 1. The van der Waals surface area contributed by atoms with Gasteiger partial charge in [-0.2, -0.15) is 10.2 Å². The number of thioether (sulfide) groups is 1. The minimum absolute atomic E-state index is 0.0130. The number of aromatic nitrogens is 3. The second kappa shape index (κ2) is 8.66. The number of rotatable bonds is 5. The lowest BCUT2D eigenvalue weighted by Gasteiger charge is -2.30. The first-order chi connectivity index (χ1) is 12.2. The molecule has 1 aliphatic rings. The molecule has 1 N–H and O–H groups in total. The maximum atomic E-state index is 12.1. The van der Waals surface area contributed by atoms with Crippen LogP contribution >= 0.6 is 11.8 Å². The monoisotopic (exact) mass is 381 g/mol. The predicted molar refractivity (Wildman–Crippen MR) is 102 cm³/mol. The number of amides is 1. The van der Waals surface area contributed by atoms with E-state index in [-0.39, 0.29) is 16.7 Å². The second-order valence-electron chi connectivity index (χ2n) is 7.24. The summed E-state index contributed by atoms with van der Waals surface area (Å²) in [7, 11) is 2.85. The van der Waals surface area contributed by atoms with Crippen LogP contribution in [0, 0.1) is 17.8 Å². The first-order valence-corrected chi connectivity index (χ1v) is 9.81. The Balaban J connectivity index is 2.01. The molecule has 1 saturated carbocycles. The zero-order valence-electron chi connectivity index (χ0n) is 16.0. The van der Waals surface area contributed by atoms with Gasteiger partial charge in [0.25, 0.3) is 5.56 Å². The maximum absolute atomic E-state index is 12.1. The highest BCUT2D eigenvalue weighted by atomic mass is 32.2. The van der Waals surface area contributed by atoms with Crippen molar-refractivity contribution in [2.45, 2.75) is 45.1 Å². The van der Waals surface area contributed by atoms with E-state index in [4.69, 9.17) is 0 Å². The van der Waals surface area contributed by atoms with Gasteiger partial charge in [-0.3, -0.25) is 14.2 Å². The number of aryl methyl sites for hydroxylation is 1. The molecule has 1 fully saturated rings. The van der Waals surface area contributed by atoms with Crippen molar-refractivity contribution in [2.75, 3.05) is 5.75 Å². The van der Waals surface area contributed by atoms with Crippen molar-refractivity contribution in [3.8, 4) is 0 Å². The summed E-state index contributed by atoms with van der Waals surface area (Å²) in [5.41, 5.74) is 2.66. The minimum atomic E-state index is -0.502. The number of nitrogens with one attached hydrogen (secondary N) is 1. The van der Waals surface area contributed by atoms with Crippen molar-refractivity contribution in [3.63, 3.8) is 0 Å². The zero-order valence-corrected chi connectivity index (χ0v) is 16.8. The summed E-state index contributed by atoms with van der Waals surface area (Å²) >= 11 is 1.00. The summed E-state index contributed by atoms with van der Waals surface area (Å²) in [6.07, 6.45) is 3.19. The van der Waals surface area contributed by atoms with Gasteiger partial charge in [-0.25, -0.2) is 14.9 Å². The SMILES string of the molecule is CC(C)[C@@H]1CC[C@@H](C)C/C1=N/NC(=O)CSc1nn(C)c(=O)n(C)c1=O. The molecular weight excluding hydrogens is 354 g/mol. The van der Waals surface area contributed by atoms with Gasteiger partial charge in [-0.05, 0) is 31.1 Å². The summed E-state index contributed by atoms with van der Waals surface area (Å²) in [4.78, 5) is 35.8. The normalized spacial score (nSPS) is 22.0. The topological polar surface area (TPSA) is 98.3 Å². The highest BCUT2D eigenvalue weighted by molar-refractivity contribution is 7.99. The molecule has 1 amide bonds. The van der Waals surface area contributed by atoms with Crippen LogP contribution in [0.4, 0.5) is 0 Å². The number of hydrogen-bond donors (Lipinski definition) is 1. The summed E-state index contributed by atoms with van der Waals surface area (Å²) in [5, 5.41) is 8.40. The Labute approximate surface area is 157 Å². The van der Waals surface area contributed by atoms with Gasteiger partial charge in [0.05, 0.1) is 5.75 Å². The van der Waals surface area contributed by atoms with Gasteiger partial charge in [0.1, 0.15) is 0 Å². The molecule has 144 valence electrons. The first kappa shape index (κ1) is 20.4. The molecule has 9 heteroatoms. The summed E-state index contributed by atoms with van der Waals surface area (Å²) in [5.74, 6) is 1.19. The Morgan fingerprint density at radius 1 is 1.35 bits per heavy atom. The third-order valence-corrected chi connectivity index (χ3v) is 5.65. The van der Waals surface area contributed by atoms with E-state index in [0.29, 0.717) is 17.8 Å². The number of hydrogen-bond acceptors (Lipinski definition) is 6. The molecule has 1 heterocycles. The molecule has 0 aromatic carbocycles. The first-order valence-electron chi connectivity index (χ1n) is 8.83. The van der Waals surface area contributed by atoms with Crippen LogP contribution in [-0.2, 0) is 18.9 Å². The summed E-state index contributed by atoms with van der Waals surface area (Å²) in [6.45, 7) is 6.55. The Morgan fingerprint density at radius 3 is 2.69 bits per heavy atom. The number of nitrogens with zero attached hydrogens (tertiary/aromatic N) is 4. The molecule has 1 aromatic heterocycles. The largest absolute Gasteiger partial charge is 0.346 e. The molecule has 0 radical (unpaired) electrons. The highest BCUT2D eigenvalue weighted by Gasteiger charge is 2.27. The van der Waals surface area contributed by atoms with Crippen molar-refractivity contribution in [3.05, 3.63) is 20.8 Å². The summed E-state index contributed by atoms with van der Waals surface area (Å²) in [6, 6.07) is 0. The van der Waals surface area contributed by atoms with Crippen LogP contribution in [-0.4, -0.2) is 31.7 Å². The quantitative estimate of drug-likeness (QED) is 0.609. The standard InChI is InChI=1S/C17H27N5O3S/c1-10(2)12-7-6-11(3)8-13(12)18-19-14(23)9-26-15-16(24)21(4)17(25)22(5)20-15/h10-12H,6-9H2,1-5H3,(H,19,23)/b18-13-/t11-,12+/m1/s1. The van der Waals surface area contributed by atoms with Gasteiger partial charge in [0, 0.05) is 25.7 Å². The molecule has 0 bridgehead atoms. The van der Waals surface area contributed by atoms with E-state index in [1.54, 1.807) is 0 Å². The molecular formula is C17H27N5O3S. The van der Waals surface area contributed by atoms with Crippen molar-refractivity contribution < 1.29 is 4.79 Å². The predicted octanol–water partition coefficient (Wildman–Crippen LogP) is 1.14. The summed E-state index contributed by atoms with van der Waals surface area (Å²) < 4.78 is 2.06. The van der Waals surface area contributed by atoms with Gasteiger partial charge in [0.15, 0.2) is 5.03 Å². The fourth-order valence-electron chi connectivity index (χ4n) is 3.15. The van der Waals surface area contributed by atoms with E-state index >= 15 is 0 Å². The van der Waals surface area contributed by atoms with Crippen molar-refractivity contribution in [1.82, 2.24) is 19.8 Å². The van der Waals surface area contributed by atoms with Crippen molar-refractivity contribution in [1.29, 1.82) is 0 Å². The van der Waals surface area contributed by atoms with Gasteiger partial charge >= 0.3 is 5.69 Å². The molecule has 0 aliphatic heterocycles. The van der Waals surface area contributed by atoms with E-state index in [2.05, 4.69) is 36.4 Å². The highest BCUT2D eigenvalue weighted by Crippen LogP contribution is 2.31. The minimum Gasteiger partial charge on any atom is -0.272 e. The molecule has 0 spiro atoms. The molecule has 2 rings (SSSR count). The van der Waals surface area contributed by atoms with Gasteiger partial charge < -0.3 is 0 Å². The molecule has 8 nitrogen and oxygen atoms in total. The van der Waals surface area contributed by atoms with Crippen molar-refractivity contribution in [2.24, 2.45) is 37.0 Å². The lowest BCUT2D eigenvalue weighted by molar-refractivity contribution is -0.118. The lowest BCUT2D eigenvalue weighted by Crippen LogP contribution is -2.39. The van der Waals surface area contributed by atoms with E-state index in [9.17, 15) is 14.4 Å². The third-order valence-electron chi connectivity index (χ3n) is 4.72. The number of hydrazone groups is 1. The van der Waals surface area contributed by atoms with Crippen molar-refractivity contribution >= 4 is 23.4 Å². The fraction of sp³-hybridized carbons (Fsp3) is 0.706.